The average Bonchev–Trinajstić information content (AvgIpc) is 3.13. The first-order valence-corrected chi connectivity index (χ1v) is 8.88. The van der Waals surface area contributed by atoms with Gasteiger partial charge in [-0.1, -0.05) is 24.3 Å². The van der Waals surface area contributed by atoms with Crippen molar-refractivity contribution < 1.29 is 4.79 Å². The fourth-order valence-corrected chi connectivity index (χ4v) is 3.91. The molecule has 1 amide bonds. The van der Waals surface area contributed by atoms with Gasteiger partial charge in [0.1, 0.15) is 5.69 Å². The molecule has 1 fully saturated rings. The van der Waals surface area contributed by atoms with Crippen LogP contribution in [0, 0.1) is 0 Å². The van der Waals surface area contributed by atoms with Gasteiger partial charge in [0.25, 0.3) is 5.91 Å². The number of aromatic nitrogens is 2. The Hall–Kier alpha value is -1.85. The van der Waals surface area contributed by atoms with Crippen LogP contribution in [-0.4, -0.2) is 40.2 Å². The molecule has 2 aliphatic rings. The predicted octanol–water partition coefficient (Wildman–Crippen LogP) is 2.99. The molecule has 0 bridgehead atoms. The van der Waals surface area contributed by atoms with E-state index in [2.05, 4.69) is 35.5 Å². The molecule has 2 unspecified atom stereocenters. The van der Waals surface area contributed by atoms with E-state index in [-0.39, 0.29) is 24.4 Å². The minimum absolute atomic E-state index is 0. The van der Waals surface area contributed by atoms with Crippen molar-refractivity contribution in [1.82, 2.24) is 20.0 Å². The van der Waals surface area contributed by atoms with E-state index in [9.17, 15) is 4.79 Å². The molecule has 0 saturated carbocycles. The summed E-state index contributed by atoms with van der Waals surface area (Å²) in [6.45, 7) is 4.88. The lowest BCUT2D eigenvalue weighted by atomic mass is 9.93. The van der Waals surface area contributed by atoms with Crippen LogP contribution >= 0.6 is 12.4 Å². The highest BCUT2D eigenvalue weighted by molar-refractivity contribution is 5.92. The third-order valence-electron chi connectivity index (χ3n) is 5.33. The molecule has 2 atom stereocenters. The minimum atomic E-state index is 0. The average molecular weight is 361 g/mol. The molecule has 2 aliphatic heterocycles. The number of carbonyl (C=O) groups excluding carboxylic acids is 1. The third-order valence-corrected chi connectivity index (χ3v) is 5.33. The minimum Gasteiger partial charge on any atom is -0.330 e. The third kappa shape index (κ3) is 3.44. The van der Waals surface area contributed by atoms with E-state index in [0.29, 0.717) is 11.7 Å². The highest BCUT2D eigenvalue weighted by atomic mass is 35.5. The zero-order chi connectivity index (χ0) is 16.5. The van der Waals surface area contributed by atoms with E-state index in [1.807, 2.05) is 27.9 Å². The summed E-state index contributed by atoms with van der Waals surface area (Å²) in [6.07, 6.45) is 5.15. The Bertz CT molecular complexity index is 739. The molecule has 0 aliphatic carbocycles. The summed E-state index contributed by atoms with van der Waals surface area (Å²) in [5.74, 6) is 0.0412. The van der Waals surface area contributed by atoms with Crippen LogP contribution < -0.4 is 5.32 Å². The second-order valence-electron chi connectivity index (χ2n) is 6.80. The Labute approximate surface area is 154 Å². The summed E-state index contributed by atoms with van der Waals surface area (Å²) in [7, 11) is 0. The maximum Gasteiger partial charge on any atom is 0.274 e. The largest absolute Gasteiger partial charge is 0.330 e. The second kappa shape index (κ2) is 7.58. The number of hydrogen-bond acceptors (Lipinski definition) is 3. The lowest BCUT2D eigenvalue weighted by Gasteiger charge is -2.34. The van der Waals surface area contributed by atoms with E-state index >= 15 is 0 Å². The smallest absolute Gasteiger partial charge is 0.274 e. The SMILES string of the molecule is CC1c2ccccc2CCN1C(=O)c1ccn(C2CCCNC2)n1.Cl. The Morgan fingerprint density at radius 1 is 1.28 bits per heavy atom. The van der Waals surface area contributed by atoms with Crippen LogP contribution in [0.15, 0.2) is 36.5 Å². The van der Waals surface area contributed by atoms with E-state index < -0.39 is 0 Å². The summed E-state index contributed by atoms with van der Waals surface area (Å²) in [6, 6.07) is 10.7. The number of rotatable bonds is 2. The normalized spacial score (nSPS) is 22.8. The number of fused-ring (bicyclic) bond motifs is 1. The second-order valence-corrected chi connectivity index (χ2v) is 6.80. The van der Waals surface area contributed by atoms with Crippen LogP contribution in [0.2, 0.25) is 0 Å². The Morgan fingerprint density at radius 3 is 2.92 bits per heavy atom. The molecule has 1 N–H and O–H groups in total. The number of nitrogens with zero attached hydrogens (tertiary/aromatic N) is 3. The number of hydrogen-bond donors (Lipinski definition) is 1. The van der Waals surface area contributed by atoms with Crippen molar-refractivity contribution in [2.45, 2.75) is 38.3 Å². The van der Waals surface area contributed by atoms with Gasteiger partial charge in [0, 0.05) is 19.3 Å². The molecule has 4 rings (SSSR count). The van der Waals surface area contributed by atoms with Crippen molar-refractivity contribution in [2.24, 2.45) is 0 Å². The molecule has 5 nitrogen and oxygen atoms in total. The van der Waals surface area contributed by atoms with Crippen molar-refractivity contribution >= 4 is 18.3 Å². The number of benzene rings is 1. The van der Waals surface area contributed by atoms with Crippen LogP contribution in [0.25, 0.3) is 0 Å². The zero-order valence-corrected chi connectivity index (χ0v) is 15.3. The first kappa shape index (κ1) is 18.0. The van der Waals surface area contributed by atoms with Crippen LogP contribution in [-0.2, 0) is 6.42 Å². The van der Waals surface area contributed by atoms with Crippen molar-refractivity contribution in [3.05, 3.63) is 53.3 Å². The maximum absolute atomic E-state index is 13.0. The van der Waals surface area contributed by atoms with Crippen LogP contribution in [0.1, 0.15) is 53.5 Å². The maximum atomic E-state index is 13.0. The molecule has 3 heterocycles. The van der Waals surface area contributed by atoms with Crippen LogP contribution in [0.4, 0.5) is 0 Å². The lowest BCUT2D eigenvalue weighted by Crippen LogP contribution is -2.39. The molecular weight excluding hydrogens is 336 g/mol. The van der Waals surface area contributed by atoms with Gasteiger partial charge in [-0.2, -0.15) is 5.10 Å². The number of piperidine rings is 1. The lowest BCUT2D eigenvalue weighted by molar-refractivity contribution is 0.0670. The molecule has 25 heavy (non-hydrogen) atoms. The highest BCUT2D eigenvalue weighted by Gasteiger charge is 2.29. The fourth-order valence-electron chi connectivity index (χ4n) is 3.91. The van der Waals surface area contributed by atoms with Crippen molar-refractivity contribution in [1.29, 1.82) is 0 Å². The topological polar surface area (TPSA) is 50.2 Å². The quantitative estimate of drug-likeness (QED) is 0.895. The molecule has 0 spiro atoms. The summed E-state index contributed by atoms with van der Waals surface area (Å²) in [5, 5.41) is 7.98. The first-order chi connectivity index (χ1) is 11.7. The van der Waals surface area contributed by atoms with Crippen molar-refractivity contribution in [3.63, 3.8) is 0 Å². The van der Waals surface area contributed by atoms with E-state index in [1.54, 1.807) is 0 Å². The predicted molar refractivity (Wildman–Crippen MR) is 100 cm³/mol. The summed E-state index contributed by atoms with van der Waals surface area (Å²) in [5.41, 5.74) is 3.17. The van der Waals surface area contributed by atoms with E-state index in [1.165, 1.54) is 11.1 Å². The molecular formula is C19H25ClN4O. The monoisotopic (exact) mass is 360 g/mol. The van der Waals surface area contributed by atoms with Gasteiger partial charge in [-0.15, -0.1) is 12.4 Å². The van der Waals surface area contributed by atoms with Gasteiger partial charge in [0.2, 0.25) is 0 Å². The van der Waals surface area contributed by atoms with Crippen LogP contribution in [0.5, 0.6) is 0 Å². The standard InChI is InChI=1S/C19H24N4O.ClH/c1-14-17-7-3-2-5-15(17)8-11-22(14)19(24)18-9-12-23(21-18)16-6-4-10-20-13-16;/h2-3,5,7,9,12,14,16,20H,4,6,8,10-11,13H2,1H3;1H. The molecule has 0 radical (unpaired) electrons. The van der Waals surface area contributed by atoms with Gasteiger partial charge in [-0.3, -0.25) is 9.48 Å². The summed E-state index contributed by atoms with van der Waals surface area (Å²) >= 11 is 0. The van der Waals surface area contributed by atoms with Crippen molar-refractivity contribution in [2.75, 3.05) is 19.6 Å². The molecule has 6 heteroatoms. The van der Waals surface area contributed by atoms with E-state index in [0.717, 1.165) is 38.9 Å². The van der Waals surface area contributed by atoms with E-state index in [4.69, 9.17) is 0 Å². The van der Waals surface area contributed by atoms with Gasteiger partial charge >= 0.3 is 0 Å². The van der Waals surface area contributed by atoms with Gasteiger partial charge < -0.3 is 10.2 Å². The Balaban J connectivity index is 0.00000182. The highest BCUT2D eigenvalue weighted by Crippen LogP contribution is 2.30. The summed E-state index contributed by atoms with van der Waals surface area (Å²) < 4.78 is 1.96. The number of nitrogens with one attached hydrogen (secondary N) is 1. The van der Waals surface area contributed by atoms with Crippen molar-refractivity contribution in [3.8, 4) is 0 Å². The molecule has 134 valence electrons. The molecule has 1 aromatic carbocycles. The number of amides is 1. The Morgan fingerprint density at radius 2 is 2.12 bits per heavy atom. The zero-order valence-electron chi connectivity index (χ0n) is 14.5. The van der Waals surface area contributed by atoms with Gasteiger partial charge in [0.15, 0.2) is 0 Å². The first-order valence-electron chi connectivity index (χ1n) is 8.88. The fraction of sp³-hybridized carbons (Fsp3) is 0.474. The molecule has 2 aromatic rings. The van der Waals surface area contributed by atoms with Crippen LogP contribution in [0.3, 0.4) is 0 Å². The number of halogens is 1. The molecule has 1 saturated heterocycles. The van der Waals surface area contributed by atoms with Gasteiger partial charge in [0.05, 0.1) is 12.1 Å². The number of carbonyl (C=O) groups is 1. The van der Waals surface area contributed by atoms with Gasteiger partial charge in [-0.25, -0.2) is 0 Å². The Kier molecular flexibility index (Phi) is 5.45. The van der Waals surface area contributed by atoms with Gasteiger partial charge in [-0.05, 0) is 49.9 Å². The summed E-state index contributed by atoms with van der Waals surface area (Å²) in [4.78, 5) is 14.9. The molecule has 1 aromatic heterocycles.